The molecule has 0 radical (unpaired) electrons. The average molecular weight is 481 g/mol. The van der Waals surface area contributed by atoms with Crippen molar-refractivity contribution in [3.05, 3.63) is 69.9 Å². The van der Waals surface area contributed by atoms with Crippen molar-refractivity contribution < 1.29 is 17.6 Å². The van der Waals surface area contributed by atoms with Gasteiger partial charge < -0.3 is 5.32 Å². The van der Waals surface area contributed by atoms with Crippen molar-refractivity contribution in [2.75, 3.05) is 12.4 Å². The van der Waals surface area contributed by atoms with Gasteiger partial charge in [-0.05, 0) is 47.7 Å². The lowest BCUT2D eigenvalue weighted by Crippen LogP contribution is -2.55. The normalized spacial score (nSPS) is 21.0. The molecular weight excluding hydrogens is 463 g/mol. The molecule has 2 N–H and O–H groups in total. The summed E-state index contributed by atoms with van der Waals surface area (Å²) in [5, 5.41) is 4.41. The zero-order chi connectivity index (χ0) is 22.2. The number of halogens is 2. The predicted octanol–water partition coefficient (Wildman–Crippen LogP) is 3.82. The second kappa shape index (κ2) is 8.64. The Kier molecular flexibility index (Phi) is 6.09. The zero-order valence-electron chi connectivity index (χ0n) is 16.2. The minimum Gasteiger partial charge on any atom is -0.325 e. The van der Waals surface area contributed by atoms with E-state index in [1.54, 1.807) is 12.4 Å². The summed E-state index contributed by atoms with van der Waals surface area (Å²) in [4.78, 5) is 17.8. The summed E-state index contributed by atoms with van der Waals surface area (Å²) < 4.78 is 42.3. The molecule has 31 heavy (non-hydrogen) atoms. The highest BCUT2D eigenvalue weighted by Crippen LogP contribution is 2.35. The SMILES string of the molecule is CN1[C@H](C(=O)Nc2ccc(F)c(Cl)c2)C[C@H](c2cc(-c3cccnc3)cs2)NS1(=O)=O. The first-order chi connectivity index (χ1) is 14.7. The van der Waals surface area contributed by atoms with Crippen LogP contribution in [0.25, 0.3) is 11.1 Å². The Labute approximate surface area is 188 Å². The van der Waals surface area contributed by atoms with Crippen LogP contribution in [0.4, 0.5) is 10.1 Å². The van der Waals surface area contributed by atoms with Gasteiger partial charge in [0.25, 0.3) is 10.2 Å². The second-order valence-corrected chi connectivity index (χ2v) is 10.2. The van der Waals surface area contributed by atoms with Crippen LogP contribution in [0, 0.1) is 5.82 Å². The summed E-state index contributed by atoms with van der Waals surface area (Å²) in [6.45, 7) is 0. The van der Waals surface area contributed by atoms with E-state index in [0.29, 0.717) is 0 Å². The molecule has 7 nitrogen and oxygen atoms in total. The number of thiophene rings is 1. The van der Waals surface area contributed by atoms with Crippen LogP contribution in [0.15, 0.2) is 54.2 Å². The number of carbonyl (C=O) groups excluding carboxylic acids is 1. The Hall–Kier alpha value is -2.37. The lowest BCUT2D eigenvalue weighted by atomic mass is 10.0. The van der Waals surface area contributed by atoms with Gasteiger partial charge in [0.15, 0.2) is 0 Å². The Morgan fingerprint density at radius 3 is 2.84 bits per heavy atom. The van der Waals surface area contributed by atoms with E-state index in [9.17, 15) is 17.6 Å². The summed E-state index contributed by atoms with van der Waals surface area (Å²) in [5.74, 6) is -1.13. The summed E-state index contributed by atoms with van der Waals surface area (Å²) in [6.07, 6.45) is 3.64. The first-order valence-corrected chi connectivity index (χ1v) is 11.9. The number of aromatic nitrogens is 1. The lowest BCUT2D eigenvalue weighted by Gasteiger charge is -2.35. The smallest absolute Gasteiger partial charge is 0.280 e. The zero-order valence-corrected chi connectivity index (χ0v) is 18.6. The monoisotopic (exact) mass is 480 g/mol. The van der Waals surface area contributed by atoms with Crippen molar-refractivity contribution in [1.82, 2.24) is 14.0 Å². The largest absolute Gasteiger partial charge is 0.325 e. The first kappa shape index (κ1) is 21.8. The van der Waals surface area contributed by atoms with Gasteiger partial charge in [-0.1, -0.05) is 17.7 Å². The topological polar surface area (TPSA) is 91.4 Å². The molecule has 1 fully saturated rings. The number of carbonyl (C=O) groups is 1. The van der Waals surface area contributed by atoms with Crippen LogP contribution < -0.4 is 10.0 Å². The fraction of sp³-hybridized carbons (Fsp3) is 0.200. The minimum atomic E-state index is -3.88. The number of hydrogen-bond donors (Lipinski definition) is 2. The highest BCUT2D eigenvalue weighted by molar-refractivity contribution is 7.87. The molecule has 3 heterocycles. The van der Waals surface area contributed by atoms with Crippen molar-refractivity contribution in [1.29, 1.82) is 0 Å². The van der Waals surface area contributed by atoms with Crippen LogP contribution in [0.3, 0.4) is 0 Å². The summed E-state index contributed by atoms with van der Waals surface area (Å²) in [6, 6.07) is 7.90. The predicted molar refractivity (Wildman–Crippen MR) is 119 cm³/mol. The van der Waals surface area contributed by atoms with Crippen molar-refractivity contribution in [2.45, 2.75) is 18.5 Å². The Morgan fingerprint density at radius 2 is 2.13 bits per heavy atom. The van der Waals surface area contributed by atoms with Gasteiger partial charge in [0.05, 0.1) is 11.1 Å². The van der Waals surface area contributed by atoms with E-state index in [1.807, 2.05) is 23.6 Å². The number of likely N-dealkylation sites (N-methyl/N-ethyl adjacent to an activating group) is 1. The number of nitrogens with one attached hydrogen (secondary N) is 2. The molecule has 0 aliphatic carbocycles. The molecule has 1 aromatic carbocycles. The van der Waals surface area contributed by atoms with Crippen LogP contribution in [-0.2, 0) is 15.0 Å². The highest BCUT2D eigenvalue weighted by atomic mass is 35.5. The molecule has 162 valence electrons. The van der Waals surface area contributed by atoms with Gasteiger partial charge in [-0.3, -0.25) is 9.78 Å². The van der Waals surface area contributed by atoms with E-state index >= 15 is 0 Å². The van der Waals surface area contributed by atoms with E-state index in [0.717, 1.165) is 26.4 Å². The van der Waals surface area contributed by atoms with Crippen molar-refractivity contribution in [3.63, 3.8) is 0 Å². The van der Waals surface area contributed by atoms with E-state index in [1.165, 1.54) is 30.5 Å². The Bertz CT molecular complexity index is 1220. The number of benzene rings is 1. The van der Waals surface area contributed by atoms with Crippen molar-refractivity contribution >= 4 is 44.7 Å². The molecule has 2 aromatic heterocycles. The Balaban J connectivity index is 1.57. The minimum absolute atomic E-state index is 0.136. The Morgan fingerprint density at radius 1 is 1.32 bits per heavy atom. The average Bonchev–Trinajstić information content (AvgIpc) is 3.23. The van der Waals surface area contributed by atoms with Crippen LogP contribution in [-0.4, -0.2) is 36.7 Å². The number of hydrogen-bond acceptors (Lipinski definition) is 5. The molecule has 3 aromatic rings. The molecule has 1 aliphatic heterocycles. The van der Waals surface area contributed by atoms with Gasteiger partial charge >= 0.3 is 0 Å². The van der Waals surface area contributed by atoms with Gasteiger partial charge in [0.1, 0.15) is 11.9 Å². The summed E-state index contributed by atoms with van der Waals surface area (Å²) >= 11 is 7.18. The molecule has 4 rings (SSSR count). The third-order valence-electron chi connectivity index (χ3n) is 5.02. The molecular formula is C20H18ClFN4O3S2. The highest BCUT2D eigenvalue weighted by Gasteiger charge is 2.41. The first-order valence-electron chi connectivity index (χ1n) is 9.24. The fourth-order valence-electron chi connectivity index (χ4n) is 3.32. The standard InChI is InChI=1S/C20H18ClFN4O3S2/c1-26-18(20(27)24-14-4-5-16(22)15(21)8-14)9-17(25-31(26,28)29)19-7-13(11-30-19)12-3-2-6-23-10-12/h2-8,10-11,17-18,25H,9H2,1H3,(H,24,27)/t17-,18+/m1/s1. The van der Waals surface area contributed by atoms with E-state index in [2.05, 4.69) is 15.0 Å². The summed E-state index contributed by atoms with van der Waals surface area (Å²) in [7, 11) is -2.54. The van der Waals surface area contributed by atoms with Gasteiger partial charge in [-0.2, -0.15) is 17.4 Å². The molecule has 11 heteroatoms. The van der Waals surface area contributed by atoms with Crippen LogP contribution >= 0.6 is 22.9 Å². The van der Waals surface area contributed by atoms with Crippen molar-refractivity contribution in [2.24, 2.45) is 0 Å². The van der Waals surface area contributed by atoms with Gasteiger partial charge in [0, 0.05) is 35.6 Å². The molecule has 1 saturated heterocycles. The molecule has 0 bridgehead atoms. The van der Waals surface area contributed by atoms with Crippen LogP contribution in [0.2, 0.25) is 5.02 Å². The van der Waals surface area contributed by atoms with Gasteiger partial charge in [-0.15, -0.1) is 11.3 Å². The molecule has 0 spiro atoms. The number of rotatable bonds is 4. The maximum Gasteiger partial charge on any atom is 0.280 e. The number of pyridine rings is 1. The maximum atomic E-state index is 13.4. The van der Waals surface area contributed by atoms with E-state index in [-0.39, 0.29) is 17.1 Å². The third kappa shape index (κ3) is 4.63. The summed E-state index contributed by atoms with van der Waals surface area (Å²) in [5.41, 5.74) is 2.13. The molecule has 1 amide bonds. The quantitative estimate of drug-likeness (QED) is 0.593. The number of amides is 1. The van der Waals surface area contributed by atoms with E-state index < -0.39 is 34.0 Å². The van der Waals surface area contributed by atoms with Crippen LogP contribution in [0.1, 0.15) is 17.3 Å². The maximum absolute atomic E-state index is 13.4. The van der Waals surface area contributed by atoms with Gasteiger partial charge in [0.2, 0.25) is 5.91 Å². The number of nitrogens with zero attached hydrogens (tertiary/aromatic N) is 2. The van der Waals surface area contributed by atoms with Crippen molar-refractivity contribution in [3.8, 4) is 11.1 Å². The van der Waals surface area contributed by atoms with Crippen LogP contribution in [0.5, 0.6) is 0 Å². The molecule has 2 atom stereocenters. The van der Waals surface area contributed by atoms with E-state index in [4.69, 9.17) is 11.6 Å². The third-order valence-corrected chi connectivity index (χ3v) is 7.95. The molecule has 0 saturated carbocycles. The lowest BCUT2D eigenvalue weighted by molar-refractivity contribution is -0.120. The number of anilines is 1. The second-order valence-electron chi connectivity index (χ2n) is 7.04. The van der Waals surface area contributed by atoms with Gasteiger partial charge in [-0.25, -0.2) is 4.39 Å². The molecule has 0 unspecified atom stereocenters. The molecule has 1 aliphatic rings. The fourth-order valence-corrected chi connectivity index (χ4v) is 5.82.